The van der Waals surface area contributed by atoms with Crippen molar-refractivity contribution in [2.24, 2.45) is 0 Å². The number of aromatic nitrogens is 1. The predicted molar refractivity (Wildman–Crippen MR) is 144 cm³/mol. The number of carboxylic acids is 1. The van der Waals surface area contributed by atoms with Crippen LogP contribution in [0.4, 0.5) is 0 Å². The van der Waals surface area contributed by atoms with Crippen molar-refractivity contribution < 1.29 is 14.1 Å². The van der Waals surface area contributed by atoms with Crippen LogP contribution in [0.1, 0.15) is 60.5 Å². The maximum atomic E-state index is 14.1. The summed E-state index contributed by atoms with van der Waals surface area (Å²) in [5, 5.41) is 11.9. The molecule has 34 heavy (non-hydrogen) atoms. The summed E-state index contributed by atoms with van der Waals surface area (Å²) >= 11 is 1.63. The molecule has 5 rings (SSSR count). The molecule has 0 amide bonds. The number of benzene rings is 2. The van der Waals surface area contributed by atoms with E-state index >= 15 is 0 Å². The summed E-state index contributed by atoms with van der Waals surface area (Å²) in [6, 6.07) is 13.7. The van der Waals surface area contributed by atoms with Crippen molar-refractivity contribution in [3.8, 4) is 10.6 Å². The predicted octanol–water partition coefficient (Wildman–Crippen LogP) is 7.09. The van der Waals surface area contributed by atoms with Gasteiger partial charge in [-0.2, -0.15) is 0 Å². The lowest BCUT2D eigenvalue weighted by atomic mass is 10.0. The van der Waals surface area contributed by atoms with Gasteiger partial charge in [-0.1, -0.05) is 50.5 Å². The smallest absolute Gasteiger partial charge is 0.336 e. The molecule has 2 heterocycles. The Morgan fingerprint density at radius 2 is 1.91 bits per heavy atom. The molecule has 1 aliphatic carbocycles. The van der Waals surface area contributed by atoms with E-state index in [4.69, 9.17) is 4.98 Å². The van der Waals surface area contributed by atoms with Crippen molar-refractivity contribution in [2.75, 3.05) is 0 Å². The molecule has 0 saturated heterocycles. The molecule has 1 N–H and O–H groups in total. The number of aromatic carboxylic acids is 1. The Labute approximate surface area is 204 Å². The summed E-state index contributed by atoms with van der Waals surface area (Å²) in [5.74, 6) is 3.18. The Balaban J connectivity index is 1.81. The number of nitrogens with zero attached hydrogens (tertiary/aromatic N) is 1. The lowest BCUT2D eigenvalue weighted by Gasteiger charge is -2.27. The summed E-state index contributed by atoms with van der Waals surface area (Å²) in [6.45, 7) is 4.10. The topological polar surface area (TPSA) is 67.3 Å². The maximum Gasteiger partial charge on any atom is 0.336 e. The highest BCUT2D eigenvalue weighted by atomic mass is 32.2. The zero-order valence-corrected chi connectivity index (χ0v) is 21.2. The van der Waals surface area contributed by atoms with Gasteiger partial charge in [0.25, 0.3) is 0 Å². The number of pyridine rings is 1. The Kier molecular flexibility index (Phi) is 5.98. The summed E-state index contributed by atoms with van der Waals surface area (Å²) in [6.07, 6.45) is 5.69. The molecule has 0 bridgehead atoms. The highest BCUT2D eigenvalue weighted by Gasteiger charge is 2.29. The number of rotatable bonds is 5. The minimum absolute atomic E-state index is 0.0249. The van der Waals surface area contributed by atoms with Gasteiger partial charge in [0.15, 0.2) is 0 Å². The van der Waals surface area contributed by atoms with Crippen LogP contribution in [0, 0.1) is 6.92 Å². The number of hydrogen-bond donors (Lipinski definition) is 1. The lowest BCUT2D eigenvalue weighted by molar-refractivity contribution is 0.0699. The van der Waals surface area contributed by atoms with Crippen LogP contribution in [0.2, 0.25) is 0 Å². The van der Waals surface area contributed by atoms with E-state index in [1.165, 1.54) is 0 Å². The largest absolute Gasteiger partial charge is 0.478 e. The standard InChI is InChI=1S/C28H29NO3S2/c1-4-18-14-15-24(34(3,32)19-10-6-5-7-11-19)25-21(28(30)31)16-22(29-26(18)25)27-17(2)20-12-8-9-13-23(20)33-27/h8-9,12-16,19H,3-7,10-11H2,1-2H3,(H,30,31). The summed E-state index contributed by atoms with van der Waals surface area (Å²) in [7, 11) is -2.68. The van der Waals surface area contributed by atoms with Crippen LogP contribution in [0.5, 0.6) is 0 Å². The van der Waals surface area contributed by atoms with Crippen LogP contribution in [0.15, 0.2) is 47.4 Å². The Morgan fingerprint density at radius 1 is 1.18 bits per heavy atom. The molecule has 2 aromatic carbocycles. The van der Waals surface area contributed by atoms with E-state index in [0.717, 1.165) is 58.2 Å². The van der Waals surface area contributed by atoms with Gasteiger partial charge < -0.3 is 5.11 Å². The van der Waals surface area contributed by atoms with E-state index in [-0.39, 0.29) is 10.8 Å². The Bertz CT molecular complexity index is 1530. The second kappa shape index (κ2) is 8.82. The molecule has 0 spiro atoms. The third-order valence-electron chi connectivity index (χ3n) is 7.16. The number of fused-ring (bicyclic) bond motifs is 2. The van der Waals surface area contributed by atoms with Gasteiger partial charge in [-0.3, -0.25) is 4.21 Å². The SMILES string of the molecule is C=S(=O)(c1ccc(CC)c2nc(-c3sc4ccccc4c3C)cc(C(=O)O)c12)C1CCCCC1. The first-order valence-corrected chi connectivity index (χ1v) is 14.5. The first-order valence-electron chi connectivity index (χ1n) is 11.9. The van der Waals surface area contributed by atoms with Gasteiger partial charge in [0.2, 0.25) is 0 Å². The van der Waals surface area contributed by atoms with Gasteiger partial charge in [0, 0.05) is 20.2 Å². The molecule has 1 aliphatic rings. The molecule has 4 aromatic rings. The zero-order valence-electron chi connectivity index (χ0n) is 19.6. The molecule has 0 radical (unpaired) electrons. The van der Waals surface area contributed by atoms with Gasteiger partial charge in [0.1, 0.15) is 0 Å². The molecule has 0 aliphatic heterocycles. The third kappa shape index (κ3) is 3.73. The van der Waals surface area contributed by atoms with Crippen LogP contribution in [0.25, 0.3) is 31.6 Å². The molecule has 1 atom stereocenters. The molecular weight excluding hydrogens is 462 g/mol. The van der Waals surface area contributed by atoms with Crippen molar-refractivity contribution >= 4 is 53.7 Å². The maximum absolute atomic E-state index is 14.1. The molecule has 6 heteroatoms. The number of thiophene rings is 1. The highest BCUT2D eigenvalue weighted by Crippen LogP contribution is 2.41. The van der Waals surface area contributed by atoms with E-state index in [9.17, 15) is 14.1 Å². The van der Waals surface area contributed by atoms with Crippen LogP contribution in [-0.4, -0.2) is 31.4 Å². The van der Waals surface area contributed by atoms with E-state index in [0.29, 0.717) is 27.9 Å². The molecule has 2 aromatic heterocycles. The fourth-order valence-corrected chi connectivity index (χ4v) is 8.74. The molecule has 4 nitrogen and oxygen atoms in total. The van der Waals surface area contributed by atoms with Gasteiger partial charge in [0.05, 0.1) is 21.7 Å². The molecule has 1 fully saturated rings. The summed E-state index contributed by atoms with van der Waals surface area (Å²) in [5.41, 5.74) is 3.51. The minimum atomic E-state index is -2.68. The fraction of sp³-hybridized carbons (Fsp3) is 0.321. The van der Waals surface area contributed by atoms with Gasteiger partial charge in [-0.05, 0) is 76.3 Å². The van der Waals surface area contributed by atoms with Gasteiger partial charge in [-0.25, -0.2) is 9.78 Å². The summed E-state index contributed by atoms with van der Waals surface area (Å²) < 4.78 is 15.3. The summed E-state index contributed by atoms with van der Waals surface area (Å²) in [4.78, 5) is 19.1. The van der Waals surface area contributed by atoms with Crippen molar-refractivity contribution in [3.63, 3.8) is 0 Å². The highest BCUT2D eigenvalue weighted by molar-refractivity contribution is 8.01. The van der Waals surface area contributed by atoms with Gasteiger partial charge >= 0.3 is 5.97 Å². The van der Waals surface area contributed by atoms with Crippen molar-refractivity contribution in [2.45, 2.75) is 62.5 Å². The number of hydrogen-bond acceptors (Lipinski definition) is 4. The third-order valence-corrected chi connectivity index (χ3v) is 11.1. The van der Waals surface area contributed by atoms with E-state index in [2.05, 4.69) is 24.9 Å². The van der Waals surface area contributed by atoms with Crippen LogP contribution in [0.3, 0.4) is 0 Å². The Morgan fingerprint density at radius 3 is 2.59 bits per heavy atom. The average Bonchev–Trinajstić information content (AvgIpc) is 3.19. The molecular formula is C28H29NO3S2. The average molecular weight is 492 g/mol. The fourth-order valence-electron chi connectivity index (χ4n) is 5.27. The van der Waals surface area contributed by atoms with Gasteiger partial charge in [-0.15, -0.1) is 11.3 Å². The van der Waals surface area contributed by atoms with Crippen LogP contribution >= 0.6 is 11.3 Å². The van der Waals surface area contributed by atoms with Crippen LogP contribution < -0.4 is 0 Å². The molecule has 176 valence electrons. The number of aryl methyl sites for hydroxylation is 2. The first-order chi connectivity index (χ1) is 16.3. The van der Waals surface area contributed by atoms with E-state index in [1.54, 1.807) is 17.4 Å². The quantitative estimate of drug-likeness (QED) is 0.303. The minimum Gasteiger partial charge on any atom is -0.478 e. The van der Waals surface area contributed by atoms with Crippen molar-refractivity contribution in [1.29, 1.82) is 0 Å². The second-order valence-electron chi connectivity index (χ2n) is 9.20. The monoisotopic (exact) mass is 491 g/mol. The van der Waals surface area contributed by atoms with Crippen molar-refractivity contribution in [1.82, 2.24) is 4.98 Å². The normalized spacial score (nSPS) is 16.6. The zero-order chi connectivity index (χ0) is 24.0. The lowest BCUT2D eigenvalue weighted by Crippen LogP contribution is -2.24. The van der Waals surface area contributed by atoms with E-state index in [1.807, 2.05) is 31.2 Å². The first kappa shape index (κ1) is 23.1. The van der Waals surface area contributed by atoms with Crippen molar-refractivity contribution in [3.05, 3.63) is 59.2 Å². The van der Waals surface area contributed by atoms with E-state index < -0.39 is 15.5 Å². The molecule has 1 saturated carbocycles. The molecule has 1 unspecified atom stereocenters. The number of carboxylic acid groups (broad SMARTS) is 1. The Hall–Kier alpha value is -2.70. The van der Waals surface area contributed by atoms with Crippen LogP contribution in [-0.2, 0) is 15.9 Å². The number of carbonyl (C=O) groups is 1. The second-order valence-corrected chi connectivity index (χ2v) is 12.8.